The van der Waals surface area contributed by atoms with Gasteiger partial charge in [0.15, 0.2) is 0 Å². The number of rotatable bonds is 4. The Morgan fingerprint density at radius 3 is 2.81 bits per heavy atom. The highest BCUT2D eigenvalue weighted by Gasteiger charge is 2.38. The van der Waals surface area contributed by atoms with E-state index in [1.807, 2.05) is 37.3 Å². The lowest BCUT2D eigenvalue weighted by Gasteiger charge is -2.38. The van der Waals surface area contributed by atoms with Gasteiger partial charge in [-0.3, -0.25) is 0 Å². The second kappa shape index (κ2) is 6.49. The highest BCUT2D eigenvalue weighted by Crippen LogP contribution is 2.34. The lowest BCUT2D eigenvalue weighted by molar-refractivity contribution is -0.740. The third-order valence-electron chi connectivity index (χ3n) is 4.75. The molecule has 0 radical (unpaired) electrons. The van der Waals surface area contributed by atoms with E-state index >= 15 is 0 Å². The van der Waals surface area contributed by atoms with Crippen molar-refractivity contribution >= 4 is 23.2 Å². The largest absolute Gasteiger partial charge is 0.593 e. The number of amidine groups is 1. The maximum Gasteiger partial charge on any atom is 0.336 e. The number of fused-ring (bicyclic) bond motifs is 2. The predicted molar refractivity (Wildman–Crippen MR) is 102 cm³/mol. The first-order valence-electron chi connectivity index (χ1n) is 8.70. The second-order valence-corrected chi connectivity index (χ2v) is 6.68. The van der Waals surface area contributed by atoms with E-state index < -0.39 is 10.7 Å². The summed E-state index contributed by atoms with van der Waals surface area (Å²) in [5, 5.41) is 26.5. The zero-order valence-electron chi connectivity index (χ0n) is 14.7. The van der Waals surface area contributed by atoms with Gasteiger partial charge < -0.3 is 21.2 Å². The molecule has 2 aliphatic heterocycles. The summed E-state index contributed by atoms with van der Waals surface area (Å²) in [5.74, 6) is -0.971. The highest BCUT2D eigenvalue weighted by atomic mass is 16.6. The first-order valence-corrected chi connectivity index (χ1v) is 8.70. The number of allylic oxidation sites excluding steroid dienone is 2. The lowest BCUT2D eigenvalue weighted by atomic mass is 9.89. The quantitative estimate of drug-likeness (QED) is 0.432. The predicted octanol–water partition coefficient (Wildman–Crippen LogP) is 2.87. The average Bonchev–Trinajstić information content (AvgIpc) is 2.66. The summed E-state index contributed by atoms with van der Waals surface area (Å²) in [6.07, 6.45) is 5.35. The number of hydroxylamine groups is 2. The summed E-state index contributed by atoms with van der Waals surface area (Å²) >= 11 is 0. The van der Waals surface area contributed by atoms with Crippen LogP contribution in [0, 0.1) is 11.1 Å². The number of hydrogen-bond acceptors (Lipinski definition) is 6. The molecule has 3 aliphatic rings. The zero-order chi connectivity index (χ0) is 19.0. The van der Waals surface area contributed by atoms with Crippen LogP contribution in [-0.4, -0.2) is 27.4 Å². The molecule has 8 nitrogen and oxygen atoms in total. The van der Waals surface area contributed by atoms with Crippen LogP contribution in [-0.2, 0) is 4.79 Å². The summed E-state index contributed by atoms with van der Waals surface area (Å²) < 4.78 is -1.11. The Hall–Kier alpha value is -3.23. The number of nitrogens with zero attached hydrogens (tertiary/aromatic N) is 3. The number of aliphatic carboxylic acids is 1. The monoisotopic (exact) mass is 365 g/mol. The molecule has 0 saturated carbocycles. The number of hydrazine groups is 1. The molecule has 0 fully saturated rings. The minimum absolute atomic E-state index is 0.0124. The van der Waals surface area contributed by atoms with Crippen LogP contribution in [0.15, 0.2) is 75.7 Å². The Morgan fingerprint density at radius 2 is 2.07 bits per heavy atom. The molecular weight excluding hydrogens is 346 g/mol. The van der Waals surface area contributed by atoms with Gasteiger partial charge in [-0.1, -0.05) is 30.2 Å². The molecule has 1 aliphatic carbocycles. The molecule has 2 unspecified atom stereocenters. The van der Waals surface area contributed by atoms with E-state index in [1.54, 1.807) is 0 Å². The number of anilines is 1. The number of carboxylic acids is 1. The van der Waals surface area contributed by atoms with Gasteiger partial charge in [0.2, 0.25) is 0 Å². The molecule has 1 aromatic rings. The maximum absolute atomic E-state index is 13.0. The fourth-order valence-electron chi connectivity index (χ4n) is 3.20. The van der Waals surface area contributed by atoms with Gasteiger partial charge in [0.1, 0.15) is 17.6 Å². The van der Waals surface area contributed by atoms with Crippen molar-refractivity contribution in [3.63, 3.8) is 0 Å². The van der Waals surface area contributed by atoms with E-state index in [2.05, 4.69) is 20.9 Å². The van der Waals surface area contributed by atoms with Gasteiger partial charge in [-0.05, 0) is 25.0 Å². The summed E-state index contributed by atoms with van der Waals surface area (Å²) in [6, 6.07) is 9.64. The molecule has 0 amide bonds. The molecule has 0 spiro atoms. The Morgan fingerprint density at radius 1 is 1.30 bits per heavy atom. The zero-order valence-corrected chi connectivity index (χ0v) is 14.7. The standard InChI is InChI=1S/C19H19N5O3/c1-12-7-8-15(22-21-14-5-3-2-4-6-14)18-17(12)23-24(27)10-9-13(19(25)26)11-16(24)20-18/h2-6,9-12,21-22H,7-8H2,1H3,(H,25,26). The molecule has 2 heterocycles. The maximum atomic E-state index is 13.0. The third-order valence-corrected chi connectivity index (χ3v) is 4.75. The van der Waals surface area contributed by atoms with Gasteiger partial charge in [0.25, 0.3) is 5.84 Å². The number of benzene rings is 1. The molecule has 2 atom stereocenters. The van der Waals surface area contributed by atoms with E-state index in [1.165, 1.54) is 18.4 Å². The molecule has 27 heavy (non-hydrogen) atoms. The van der Waals surface area contributed by atoms with Crippen molar-refractivity contribution in [3.05, 3.63) is 70.9 Å². The molecule has 3 N–H and O–H groups in total. The highest BCUT2D eigenvalue weighted by molar-refractivity contribution is 6.09. The van der Waals surface area contributed by atoms with Crippen molar-refractivity contribution in [2.75, 3.05) is 5.43 Å². The van der Waals surface area contributed by atoms with Gasteiger partial charge in [0.05, 0.1) is 17.0 Å². The second-order valence-electron chi connectivity index (χ2n) is 6.68. The minimum atomic E-state index is -1.11. The Bertz CT molecular complexity index is 945. The molecule has 138 valence electrons. The van der Waals surface area contributed by atoms with Crippen LogP contribution < -0.4 is 10.9 Å². The van der Waals surface area contributed by atoms with Crippen molar-refractivity contribution < 1.29 is 14.7 Å². The van der Waals surface area contributed by atoms with Crippen molar-refractivity contribution in [3.8, 4) is 0 Å². The Balaban J connectivity index is 1.71. The van der Waals surface area contributed by atoms with E-state index in [0.717, 1.165) is 24.2 Å². The number of quaternary nitrogens is 1. The fraction of sp³-hybridized carbons (Fsp3) is 0.211. The normalized spacial score (nSPS) is 26.3. The first kappa shape index (κ1) is 17.2. The van der Waals surface area contributed by atoms with E-state index in [-0.39, 0.29) is 17.3 Å². The number of carboxylic acid groups (broad SMARTS) is 1. The van der Waals surface area contributed by atoms with Crippen LogP contribution >= 0.6 is 0 Å². The number of hydrogen-bond donors (Lipinski definition) is 3. The Labute approximate surface area is 156 Å². The molecule has 1 aromatic carbocycles. The summed E-state index contributed by atoms with van der Waals surface area (Å²) in [4.78, 5) is 15.7. The summed E-state index contributed by atoms with van der Waals surface area (Å²) in [5.41, 5.74) is 9.28. The molecule has 0 saturated heterocycles. The molecule has 4 rings (SSSR count). The average molecular weight is 365 g/mol. The van der Waals surface area contributed by atoms with Crippen molar-refractivity contribution in [2.24, 2.45) is 16.0 Å². The number of aliphatic imine (C=N–C) groups is 1. The summed E-state index contributed by atoms with van der Waals surface area (Å²) in [6.45, 7) is 2.01. The van der Waals surface area contributed by atoms with Gasteiger partial charge in [0, 0.05) is 18.1 Å². The van der Waals surface area contributed by atoms with Crippen molar-refractivity contribution in [1.82, 2.24) is 5.43 Å². The van der Waals surface area contributed by atoms with E-state index in [9.17, 15) is 15.1 Å². The summed E-state index contributed by atoms with van der Waals surface area (Å²) in [7, 11) is 0. The van der Waals surface area contributed by atoms with Crippen LogP contribution in [0.25, 0.3) is 0 Å². The van der Waals surface area contributed by atoms with Crippen LogP contribution in [0.2, 0.25) is 0 Å². The minimum Gasteiger partial charge on any atom is -0.593 e. The van der Waals surface area contributed by atoms with Crippen LogP contribution in [0.4, 0.5) is 5.69 Å². The van der Waals surface area contributed by atoms with Crippen molar-refractivity contribution in [2.45, 2.75) is 19.8 Å². The lowest BCUT2D eigenvalue weighted by Crippen LogP contribution is -2.45. The number of carbonyl (C=O) groups is 1. The van der Waals surface area contributed by atoms with Gasteiger partial charge in [-0.2, -0.15) is 9.75 Å². The molecule has 0 bridgehead atoms. The number of nitrogens with one attached hydrogen (secondary N) is 2. The molecular formula is C19H19N5O3. The molecule has 0 aromatic heterocycles. The smallest absolute Gasteiger partial charge is 0.336 e. The van der Waals surface area contributed by atoms with Crippen LogP contribution in [0.5, 0.6) is 0 Å². The van der Waals surface area contributed by atoms with Gasteiger partial charge in [-0.15, -0.1) is 0 Å². The molecule has 8 heteroatoms. The van der Waals surface area contributed by atoms with E-state index in [0.29, 0.717) is 11.4 Å². The van der Waals surface area contributed by atoms with Gasteiger partial charge in [-0.25, -0.2) is 4.79 Å². The topological polar surface area (TPSA) is 109 Å². The van der Waals surface area contributed by atoms with Gasteiger partial charge >= 0.3 is 5.97 Å². The SMILES string of the molecule is CC1CCC(NNc2ccccc2)=C2N=C3C=C(C(=O)O)C=C[N+]3([O-])N=C21. The van der Waals surface area contributed by atoms with Crippen LogP contribution in [0.1, 0.15) is 19.8 Å². The fourth-order valence-corrected chi connectivity index (χ4v) is 3.20. The Kier molecular flexibility index (Phi) is 4.14. The first-order chi connectivity index (χ1) is 13.0. The van der Waals surface area contributed by atoms with Crippen molar-refractivity contribution in [1.29, 1.82) is 0 Å². The van der Waals surface area contributed by atoms with Crippen LogP contribution in [0.3, 0.4) is 0 Å². The number of para-hydroxylation sites is 1. The van der Waals surface area contributed by atoms with E-state index in [4.69, 9.17) is 0 Å². The third kappa shape index (κ3) is 3.16.